The van der Waals surface area contributed by atoms with Gasteiger partial charge in [0.2, 0.25) is 0 Å². The summed E-state index contributed by atoms with van der Waals surface area (Å²) in [6.45, 7) is 1.40. The van der Waals surface area contributed by atoms with Gasteiger partial charge in [0.25, 0.3) is 0 Å². The van der Waals surface area contributed by atoms with Gasteiger partial charge in [0.15, 0.2) is 0 Å². The van der Waals surface area contributed by atoms with Crippen molar-refractivity contribution < 1.29 is 0 Å². The van der Waals surface area contributed by atoms with E-state index in [0.29, 0.717) is 19.5 Å². The molecule has 0 unspecified atom stereocenters. The molecule has 0 saturated carbocycles. The Kier molecular flexibility index (Phi) is 4.19. The summed E-state index contributed by atoms with van der Waals surface area (Å²) < 4.78 is 0. The third kappa shape index (κ3) is 3.34. The molecule has 0 radical (unpaired) electrons. The standard InChI is InChI=1S/C12H12N4S/c13-5-3-6-14-8-10-9-17-12(16-10)11-4-1-2-7-15-11/h1-2,4,7,9,14H,3,6,8H2. The Hall–Kier alpha value is -1.77. The molecule has 0 spiro atoms. The zero-order valence-electron chi connectivity index (χ0n) is 9.26. The minimum absolute atomic E-state index is 0.525. The fraction of sp³-hybridized carbons (Fsp3) is 0.250. The van der Waals surface area contributed by atoms with E-state index in [4.69, 9.17) is 5.26 Å². The van der Waals surface area contributed by atoms with Gasteiger partial charge in [-0.15, -0.1) is 11.3 Å². The lowest BCUT2D eigenvalue weighted by atomic mass is 10.3. The molecule has 2 heterocycles. The van der Waals surface area contributed by atoms with E-state index < -0.39 is 0 Å². The van der Waals surface area contributed by atoms with Crippen LogP contribution in [0.25, 0.3) is 10.7 Å². The van der Waals surface area contributed by atoms with Crippen molar-refractivity contribution in [1.82, 2.24) is 15.3 Å². The van der Waals surface area contributed by atoms with Crippen LogP contribution in [-0.4, -0.2) is 16.5 Å². The van der Waals surface area contributed by atoms with Crippen molar-refractivity contribution in [3.8, 4) is 16.8 Å². The molecule has 17 heavy (non-hydrogen) atoms. The van der Waals surface area contributed by atoms with Crippen LogP contribution in [0.5, 0.6) is 0 Å². The van der Waals surface area contributed by atoms with Gasteiger partial charge in [-0.25, -0.2) is 4.98 Å². The quantitative estimate of drug-likeness (QED) is 0.819. The highest BCUT2D eigenvalue weighted by atomic mass is 32.1. The molecule has 2 aromatic rings. The molecule has 0 aliphatic heterocycles. The average Bonchev–Trinajstić information content (AvgIpc) is 2.85. The van der Waals surface area contributed by atoms with Gasteiger partial charge in [-0.3, -0.25) is 4.98 Å². The minimum atomic E-state index is 0.525. The molecular weight excluding hydrogens is 232 g/mol. The van der Waals surface area contributed by atoms with Crippen molar-refractivity contribution >= 4 is 11.3 Å². The summed E-state index contributed by atoms with van der Waals surface area (Å²) in [5.74, 6) is 0. The molecule has 0 saturated heterocycles. The van der Waals surface area contributed by atoms with Gasteiger partial charge in [0, 0.05) is 31.1 Å². The molecule has 5 heteroatoms. The van der Waals surface area contributed by atoms with E-state index in [2.05, 4.69) is 21.4 Å². The lowest BCUT2D eigenvalue weighted by molar-refractivity contribution is 0.689. The van der Waals surface area contributed by atoms with E-state index >= 15 is 0 Å². The van der Waals surface area contributed by atoms with Crippen molar-refractivity contribution in [2.45, 2.75) is 13.0 Å². The third-order valence-corrected chi connectivity index (χ3v) is 3.07. The number of nitrogens with one attached hydrogen (secondary N) is 1. The van der Waals surface area contributed by atoms with Crippen LogP contribution in [0, 0.1) is 11.3 Å². The first-order valence-electron chi connectivity index (χ1n) is 5.33. The van der Waals surface area contributed by atoms with Gasteiger partial charge < -0.3 is 5.32 Å². The number of aromatic nitrogens is 2. The summed E-state index contributed by atoms with van der Waals surface area (Å²) in [5.41, 5.74) is 1.90. The van der Waals surface area contributed by atoms with Crippen LogP contribution in [0.3, 0.4) is 0 Å². The number of rotatable bonds is 5. The van der Waals surface area contributed by atoms with E-state index in [1.165, 1.54) is 0 Å². The fourth-order valence-electron chi connectivity index (χ4n) is 1.36. The van der Waals surface area contributed by atoms with Crippen LogP contribution >= 0.6 is 11.3 Å². The van der Waals surface area contributed by atoms with Crippen LogP contribution in [-0.2, 0) is 6.54 Å². The summed E-state index contributed by atoms with van der Waals surface area (Å²) in [6.07, 6.45) is 2.29. The first-order valence-corrected chi connectivity index (χ1v) is 6.21. The maximum Gasteiger partial charge on any atom is 0.142 e. The van der Waals surface area contributed by atoms with Gasteiger partial charge in [-0.2, -0.15) is 5.26 Å². The van der Waals surface area contributed by atoms with Crippen molar-refractivity contribution in [3.05, 3.63) is 35.5 Å². The summed E-state index contributed by atoms with van der Waals surface area (Å²) in [4.78, 5) is 8.75. The topological polar surface area (TPSA) is 61.6 Å². The lowest BCUT2D eigenvalue weighted by Gasteiger charge is -1.97. The Labute approximate surface area is 104 Å². The van der Waals surface area contributed by atoms with E-state index in [-0.39, 0.29) is 0 Å². The largest absolute Gasteiger partial charge is 0.310 e. The Morgan fingerprint density at radius 1 is 1.41 bits per heavy atom. The van der Waals surface area contributed by atoms with Crippen LogP contribution in [0.2, 0.25) is 0 Å². The smallest absolute Gasteiger partial charge is 0.142 e. The number of thiazole rings is 1. The predicted molar refractivity (Wildman–Crippen MR) is 67.3 cm³/mol. The highest BCUT2D eigenvalue weighted by molar-refractivity contribution is 7.13. The molecule has 0 amide bonds. The first-order chi connectivity index (χ1) is 8.40. The second-order valence-corrected chi connectivity index (χ2v) is 4.30. The summed E-state index contributed by atoms with van der Waals surface area (Å²) >= 11 is 1.59. The molecule has 4 nitrogen and oxygen atoms in total. The second-order valence-electron chi connectivity index (χ2n) is 3.44. The summed E-state index contributed by atoms with van der Waals surface area (Å²) in [7, 11) is 0. The maximum absolute atomic E-state index is 8.40. The summed E-state index contributed by atoms with van der Waals surface area (Å²) in [6, 6.07) is 7.89. The average molecular weight is 244 g/mol. The molecule has 2 rings (SSSR count). The predicted octanol–water partition coefficient (Wildman–Crippen LogP) is 2.21. The van der Waals surface area contributed by atoms with Gasteiger partial charge >= 0.3 is 0 Å². The molecule has 0 aliphatic carbocycles. The van der Waals surface area contributed by atoms with E-state index in [1.807, 2.05) is 23.6 Å². The molecule has 0 fully saturated rings. The van der Waals surface area contributed by atoms with Crippen molar-refractivity contribution in [2.75, 3.05) is 6.54 Å². The van der Waals surface area contributed by atoms with Gasteiger partial charge in [-0.05, 0) is 12.1 Å². The zero-order valence-corrected chi connectivity index (χ0v) is 10.1. The Morgan fingerprint density at radius 3 is 3.12 bits per heavy atom. The van der Waals surface area contributed by atoms with Gasteiger partial charge in [0.1, 0.15) is 5.01 Å². The third-order valence-electron chi connectivity index (χ3n) is 2.16. The number of nitriles is 1. The Morgan fingerprint density at radius 2 is 2.35 bits per heavy atom. The highest BCUT2D eigenvalue weighted by Crippen LogP contribution is 2.20. The van der Waals surface area contributed by atoms with Crippen LogP contribution in [0.1, 0.15) is 12.1 Å². The maximum atomic E-state index is 8.40. The molecule has 2 aromatic heterocycles. The van der Waals surface area contributed by atoms with Crippen molar-refractivity contribution in [2.24, 2.45) is 0 Å². The number of pyridine rings is 1. The SMILES string of the molecule is N#CCCNCc1csc(-c2ccccn2)n1. The van der Waals surface area contributed by atoms with Gasteiger partial charge in [0.05, 0.1) is 17.5 Å². The molecule has 0 aliphatic rings. The van der Waals surface area contributed by atoms with Crippen LogP contribution in [0.4, 0.5) is 0 Å². The van der Waals surface area contributed by atoms with Crippen LogP contribution in [0.15, 0.2) is 29.8 Å². The van der Waals surface area contributed by atoms with Crippen molar-refractivity contribution in [1.29, 1.82) is 5.26 Å². The molecule has 1 N–H and O–H groups in total. The first kappa shape index (κ1) is 11.7. The lowest BCUT2D eigenvalue weighted by Crippen LogP contribution is -2.14. The van der Waals surface area contributed by atoms with E-state index in [1.54, 1.807) is 17.5 Å². The number of nitrogens with zero attached hydrogens (tertiary/aromatic N) is 3. The molecular formula is C12H12N4S. The van der Waals surface area contributed by atoms with Gasteiger partial charge in [-0.1, -0.05) is 6.07 Å². The molecule has 0 atom stereocenters. The number of hydrogen-bond donors (Lipinski definition) is 1. The minimum Gasteiger partial charge on any atom is -0.310 e. The van der Waals surface area contributed by atoms with E-state index in [0.717, 1.165) is 16.4 Å². The summed E-state index contributed by atoms with van der Waals surface area (Å²) in [5, 5.41) is 14.5. The molecule has 0 bridgehead atoms. The monoisotopic (exact) mass is 244 g/mol. The van der Waals surface area contributed by atoms with Crippen LogP contribution < -0.4 is 5.32 Å². The highest BCUT2D eigenvalue weighted by Gasteiger charge is 2.04. The fourth-order valence-corrected chi connectivity index (χ4v) is 2.15. The normalized spacial score (nSPS) is 10.1. The van der Waals surface area contributed by atoms with E-state index in [9.17, 15) is 0 Å². The zero-order chi connectivity index (χ0) is 11.9. The Bertz CT molecular complexity index is 501. The molecule has 86 valence electrons. The Balaban J connectivity index is 1.95. The number of hydrogen-bond acceptors (Lipinski definition) is 5. The van der Waals surface area contributed by atoms with Crippen molar-refractivity contribution in [3.63, 3.8) is 0 Å². The second kappa shape index (κ2) is 6.09. The molecule has 0 aromatic carbocycles.